The first-order chi connectivity index (χ1) is 13.6. The van der Waals surface area contributed by atoms with Crippen molar-refractivity contribution < 1.29 is 18.8 Å². The third kappa shape index (κ3) is 3.47. The molecule has 1 fully saturated rings. The van der Waals surface area contributed by atoms with Crippen LogP contribution in [0.15, 0.2) is 51.5 Å². The van der Waals surface area contributed by atoms with Gasteiger partial charge in [0.05, 0.1) is 25.8 Å². The lowest BCUT2D eigenvalue weighted by molar-refractivity contribution is -0.117. The van der Waals surface area contributed by atoms with Gasteiger partial charge in [-0.15, -0.1) is 0 Å². The van der Waals surface area contributed by atoms with E-state index >= 15 is 0 Å². The minimum absolute atomic E-state index is 0.0289. The van der Waals surface area contributed by atoms with Crippen molar-refractivity contribution in [1.29, 1.82) is 0 Å². The van der Waals surface area contributed by atoms with Crippen molar-refractivity contribution in [3.8, 4) is 22.9 Å². The number of nitrogens with zero attached hydrogens (tertiary/aromatic N) is 3. The molecular formula is C20H18BrN3O4. The highest BCUT2D eigenvalue weighted by molar-refractivity contribution is 9.10. The Morgan fingerprint density at radius 3 is 2.79 bits per heavy atom. The quantitative estimate of drug-likeness (QED) is 0.591. The van der Waals surface area contributed by atoms with Crippen molar-refractivity contribution in [2.75, 3.05) is 25.7 Å². The molecule has 0 bridgehead atoms. The molecule has 1 unspecified atom stereocenters. The van der Waals surface area contributed by atoms with Crippen molar-refractivity contribution in [1.82, 2.24) is 10.1 Å². The lowest BCUT2D eigenvalue weighted by atomic mass is 10.1. The van der Waals surface area contributed by atoms with E-state index in [1.807, 2.05) is 24.3 Å². The molecule has 8 heteroatoms. The Balaban J connectivity index is 1.59. The summed E-state index contributed by atoms with van der Waals surface area (Å²) in [7, 11) is 3.16. The second-order valence-corrected chi connectivity index (χ2v) is 7.33. The van der Waals surface area contributed by atoms with Gasteiger partial charge in [0.15, 0.2) is 0 Å². The second kappa shape index (κ2) is 7.63. The SMILES string of the molecule is COc1ccc(OC)c(N2CC(c3nc(-c4cccc(Br)c4)no3)CC2=O)c1. The fourth-order valence-corrected chi connectivity index (χ4v) is 3.66. The summed E-state index contributed by atoms with van der Waals surface area (Å²) >= 11 is 3.44. The molecule has 1 amide bonds. The van der Waals surface area contributed by atoms with Crippen LogP contribution in [0.4, 0.5) is 5.69 Å². The molecule has 1 saturated heterocycles. The van der Waals surface area contributed by atoms with Crippen molar-refractivity contribution in [3.05, 3.63) is 52.8 Å². The van der Waals surface area contributed by atoms with Crippen LogP contribution in [0.25, 0.3) is 11.4 Å². The number of carbonyl (C=O) groups excluding carboxylic acids is 1. The van der Waals surface area contributed by atoms with Crippen LogP contribution in [0.1, 0.15) is 18.2 Å². The summed E-state index contributed by atoms with van der Waals surface area (Å²) in [5, 5.41) is 4.07. The van der Waals surface area contributed by atoms with E-state index in [0.717, 1.165) is 10.0 Å². The van der Waals surface area contributed by atoms with Gasteiger partial charge in [-0.1, -0.05) is 33.2 Å². The number of benzene rings is 2. The number of amides is 1. The summed E-state index contributed by atoms with van der Waals surface area (Å²) in [6.45, 7) is 0.433. The monoisotopic (exact) mass is 443 g/mol. The molecule has 2 aromatic carbocycles. The zero-order valence-corrected chi connectivity index (χ0v) is 17.0. The first-order valence-electron chi connectivity index (χ1n) is 8.71. The van der Waals surface area contributed by atoms with E-state index in [4.69, 9.17) is 14.0 Å². The third-order valence-corrected chi connectivity index (χ3v) is 5.17. The Hall–Kier alpha value is -2.87. The highest BCUT2D eigenvalue weighted by Gasteiger charge is 2.36. The maximum absolute atomic E-state index is 12.7. The van der Waals surface area contributed by atoms with Crippen LogP contribution < -0.4 is 14.4 Å². The molecule has 28 heavy (non-hydrogen) atoms. The molecule has 1 aliphatic rings. The van der Waals surface area contributed by atoms with Crippen LogP contribution in [-0.4, -0.2) is 36.8 Å². The van der Waals surface area contributed by atoms with Crippen LogP contribution in [0.2, 0.25) is 0 Å². The van der Waals surface area contributed by atoms with Crippen LogP contribution in [0.3, 0.4) is 0 Å². The predicted molar refractivity (Wildman–Crippen MR) is 107 cm³/mol. The van der Waals surface area contributed by atoms with Gasteiger partial charge in [0.2, 0.25) is 17.6 Å². The number of rotatable bonds is 5. The van der Waals surface area contributed by atoms with E-state index in [-0.39, 0.29) is 11.8 Å². The zero-order chi connectivity index (χ0) is 19.7. The van der Waals surface area contributed by atoms with Crippen LogP contribution >= 0.6 is 15.9 Å². The molecule has 0 aliphatic carbocycles. The van der Waals surface area contributed by atoms with Crippen molar-refractivity contribution in [3.63, 3.8) is 0 Å². The number of aromatic nitrogens is 2. The van der Waals surface area contributed by atoms with Crippen LogP contribution in [-0.2, 0) is 4.79 Å². The maximum atomic E-state index is 12.7. The number of ether oxygens (including phenoxy) is 2. The van der Waals surface area contributed by atoms with E-state index in [2.05, 4.69) is 26.1 Å². The summed E-state index contributed by atoms with van der Waals surface area (Å²) in [5.74, 6) is 2.00. The summed E-state index contributed by atoms with van der Waals surface area (Å²) in [6, 6.07) is 13.0. The predicted octanol–water partition coefficient (Wildman–Crippen LogP) is 4.04. The Kier molecular flexibility index (Phi) is 5.04. The van der Waals surface area contributed by atoms with E-state index in [9.17, 15) is 4.79 Å². The van der Waals surface area contributed by atoms with Crippen molar-refractivity contribution in [2.24, 2.45) is 0 Å². The average Bonchev–Trinajstić information content (AvgIpc) is 3.34. The molecule has 7 nitrogen and oxygen atoms in total. The standard InChI is InChI=1S/C20H18BrN3O4/c1-26-15-6-7-17(27-2)16(10-15)24-11-13(9-18(24)25)20-22-19(23-28-20)12-4-3-5-14(21)8-12/h3-8,10,13H,9,11H2,1-2H3. The van der Waals surface area contributed by atoms with Crippen LogP contribution in [0, 0.1) is 0 Å². The van der Waals surface area contributed by atoms with Gasteiger partial charge >= 0.3 is 0 Å². The van der Waals surface area contributed by atoms with Gasteiger partial charge in [-0.3, -0.25) is 4.79 Å². The second-order valence-electron chi connectivity index (χ2n) is 6.41. The van der Waals surface area contributed by atoms with Gasteiger partial charge in [0, 0.05) is 29.1 Å². The number of hydrogen-bond donors (Lipinski definition) is 0. The number of anilines is 1. The van der Waals surface area contributed by atoms with Crippen molar-refractivity contribution in [2.45, 2.75) is 12.3 Å². The molecule has 2 heterocycles. The van der Waals surface area contributed by atoms with E-state index < -0.39 is 0 Å². The number of methoxy groups -OCH3 is 2. The topological polar surface area (TPSA) is 77.7 Å². The van der Waals surface area contributed by atoms with Gasteiger partial charge in [-0.25, -0.2) is 0 Å². The smallest absolute Gasteiger partial charge is 0.232 e. The molecule has 0 saturated carbocycles. The molecule has 0 radical (unpaired) electrons. The molecule has 0 spiro atoms. The highest BCUT2D eigenvalue weighted by atomic mass is 79.9. The number of halogens is 1. The lowest BCUT2D eigenvalue weighted by Gasteiger charge is -2.20. The first kappa shape index (κ1) is 18.5. The van der Waals surface area contributed by atoms with Gasteiger partial charge in [0.25, 0.3) is 0 Å². The third-order valence-electron chi connectivity index (χ3n) is 4.68. The summed E-state index contributed by atoms with van der Waals surface area (Å²) < 4.78 is 17.1. The van der Waals surface area contributed by atoms with E-state index in [1.165, 1.54) is 0 Å². The highest BCUT2D eigenvalue weighted by Crippen LogP contribution is 2.38. The van der Waals surface area contributed by atoms with E-state index in [1.54, 1.807) is 37.3 Å². The minimum atomic E-state index is -0.184. The van der Waals surface area contributed by atoms with Crippen molar-refractivity contribution >= 4 is 27.5 Å². The largest absolute Gasteiger partial charge is 0.497 e. The summed E-state index contributed by atoms with van der Waals surface area (Å²) in [5.41, 5.74) is 1.51. The average molecular weight is 444 g/mol. The van der Waals surface area contributed by atoms with Gasteiger partial charge in [-0.05, 0) is 24.3 Å². The van der Waals surface area contributed by atoms with Gasteiger partial charge < -0.3 is 18.9 Å². The zero-order valence-electron chi connectivity index (χ0n) is 15.4. The fourth-order valence-electron chi connectivity index (χ4n) is 3.26. The van der Waals surface area contributed by atoms with E-state index in [0.29, 0.717) is 41.9 Å². The number of hydrogen-bond acceptors (Lipinski definition) is 6. The fraction of sp³-hybridized carbons (Fsp3) is 0.250. The first-order valence-corrected chi connectivity index (χ1v) is 9.50. The number of carbonyl (C=O) groups is 1. The molecule has 3 aromatic rings. The molecule has 1 atom stereocenters. The molecule has 144 valence electrons. The minimum Gasteiger partial charge on any atom is -0.497 e. The Morgan fingerprint density at radius 1 is 1.18 bits per heavy atom. The molecular weight excluding hydrogens is 426 g/mol. The Morgan fingerprint density at radius 2 is 2.04 bits per heavy atom. The Bertz CT molecular complexity index is 1020. The summed E-state index contributed by atoms with van der Waals surface area (Å²) in [6.07, 6.45) is 0.292. The molecule has 0 N–H and O–H groups in total. The normalized spacial score (nSPS) is 16.5. The summed E-state index contributed by atoms with van der Waals surface area (Å²) in [4.78, 5) is 18.9. The molecule has 1 aliphatic heterocycles. The molecule has 1 aromatic heterocycles. The Labute approximate surface area is 170 Å². The van der Waals surface area contributed by atoms with Gasteiger partial charge in [-0.2, -0.15) is 4.98 Å². The molecule has 4 rings (SSSR count). The lowest BCUT2D eigenvalue weighted by Crippen LogP contribution is -2.24. The maximum Gasteiger partial charge on any atom is 0.232 e. The van der Waals surface area contributed by atoms with Crippen LogP contribution in [0.5, 0.6) is 11.5 Å². The van der Waals surface area contributed by atoms with Gasteiger partial charge in [0.1, 0.15) is 11.5 Å².